The summed E-state index contributed by atoms with van der Waals surface area (Å²) in [6.07, 6.45) is 2.92. The molecule has 1 aromatic heterocycles. The summed E-state index contributed by atoms with van der Waals surface area (Å²) in [5, 5.41) is 8.84. The second-order valence-corrected chi connectivity index (χ2v) is 3.99. The number of aryl methyl sites for hydroxylation is 1. The van der Waals surface area contributed by atoms with E-state index < -0.39 is 5.97 Å². The minimum Gasteiger partial charge on any atom is -0.489 e. The first-order valence-corrected chi connectivity index (χ1v) is 5.52. The number of aromatic carboxylic acids is 1. The number of rotatable bonds is 4. The highest BCUT2D eigenvalue weighted by Crippen LogP contribution is 2.13. The Morgan fingerprint density at radius 1 is 1.28 bits per heavy atom. The van der Waals surface area contributed by atoms with Crippen LogP contribution in [0.25, 0.3) is 0 Å². The molecule has 0 radical (unpaired) electrons. The lowest BCUT2D eigenvalue weighted by Gasteiger charge is -2.06. The van der Waals surface area contributed by atoms with Gasteiger partial charge in [0.05, 0.1) is 5.56 Å². The molecule has 0 aliphatic heterocycles. The lowest BCUT2D eigenvalue weighted by molar-refractivity contribution is 0.0696. The highest BCUT2D eigenvalue weighted by Gasteiger charge is 2.04. The summed E-state index contributed by atoms with van der Waals surface area (Å²) in [5.41, 5.74) is 2.06. The van der Waals surface area contributed by atoms with Crippen LogP contribution in [0, 0.1) is 6.92 Å². The molecule has 0 saturated carbocycles. The Bertz CT molecular complexity index is 549. The van der Waals surface area contributed by atoms with E-state index in [9.17, 15) is 4.79 Å². The number of carbonyl (C=O) groups is 1. The lowest BCUT2D eigenvalue weighted by Crippen LogP contribution is -2.01. The van der Waals surface area contributed by atoms with Crippen molar-refractivity contribution in [2.75, 3.05) is 0 Å². The van der Waals surface area contributed by atoms with Gasteiger partial charge in [-0.1, -0.05) is 17.7 Å². The standard InChI is InChI=1S/C14H13NO3/c1-10-2-4-13(5-3-10)18-9-11-6-12(14(16)17)8-15-7-11/h2-8H,9H2,1H3,(H,16,17). The number of carboxylic acids is 1. The third kappa shape index (κ3) is 3.07. The highest BCUT2D eigenvalue weighted by molar-refractivity contribution is 5.87. The number of ether oxygens (including phenoxy) is 1. The molecule has 0 spiro atoms. The van der Waals surface area contributed by atoms with Crippen molar-refractivity contribution in [3.8, 4) is 5.75 Å². The Kier molecular flexibility index (Phi) is 3.57. The maximum atomic E-state index is 10.8. The number of hydrogen-bond donors (Lipinski definition) is 1. The molecule has 0 amide bonds. The van der Waals surface area contributed by atoms with Crippen LogP contribution in [0.1, 0.15) is 21.5 Å². The fourth-order valence-electron chi connectivity index (χ4n) is 1.48. The number of pyridine rings is 1. The molecule has 2 aromatic rings. The van der Waals surface area contributed by atoms with Crippen molar-refractivity contribution >= 4 is 5.97 Å². The predicted molar refractivity (Wildman–Crippen MR) is 66.7 cm³/mol. The van der Waals surface area contributed by atoms with E-state index in [1.54, 1.807) is 12.3 Å². The molecular formula is C14H13NO3. The summed E-state index contributed by atoms with van der Waals surface area (Å²) < 4.78 is 5.55. The Balaban J connectivity index is 2.04. The third-order valence-corrected chi connectivity index (χ3v) is 2.47. The van der Waals surface area contributed by atoms with Crippen molar-refractivity contribution in [1.82, 2.24) is 4.98 Å². The molecule has 0 bridgehead atoms. The largest absolute Gasteiger partial charge is 0.489 e. The van der Waals surface area contributed by atoms with Crippen LogP contribution in [0.15, 0.2) is 42.7 Å². The fraction of sp³-hybridized carbons (Fsp3) is 0.143. The Morgan fingerprint density at radius 2 is 2.00 bits per heavy atom. The van der Waals surface area contributed by atoms with Gasteiger partial charge in [-0.3, -0.25) is 4.98 Å². The first-order chi connectivity index (χ1) is 8.65. The van der Waals surface area contributed by atoms with Crippen LogP contribution in [-0.4, -0.2) is 16.1 Å². The topological polar surface area (TPSA) is 59.4 Å². The number of nitrogens with zero attached hydrogens (tertiary/aromatic N) is 1. The van der Waals surface area contributed by atoms with Crippen LogP contribution in [-0.2, 0) is 6.61 Å². The van der Waals surface area contributed by atoms with E-state index in [1.165, 1.54) is 6.20 Å². The molecule has 0 saturated heterocycles. The minimum atomic E-state index is -0.986. The zero-order chi connectivity index (χ0) is 13.0. The molecule has 1 heterocycles. The molecule has 2 rings (SSSR count). The Morgan fingerprint density at radius 3 is 2.67 bits per heavy atom. The zero-order valence-corrected chi connectivity index (χ0v) is 9.96. The first-order valence-electron chi connectivity index (χ1n) is 5.52. The van der Waals surface area contributed by atoms with Gasteiger partial charge in [-0.2, -0.15) is 0 Å². The second kappa shape index (κ2) is 5.31. The van der Waals surface area contributed by atoms with Gasteiger partial charge in [0.2, 0.25) is 0 Å². The van der Waals surface area contributed by atoms with Crippen LogP contribution in [0.4, 0.5) is 0 Å². The van der Waals surface area contributed by atoms with Gasteiger partial charge in [-0.15, -0.1) is 0 Å². The monoisotopic (exact) mass is 243 g/mol. The molecule has 1 N–H and O–H groups in total. The molecule has 4 heteroatoms. The van der Waals surface area contributed by atoms with Crippen LogP contribution in [0.5, 0.6) is 5.75 Å². The zero-order valence-electron chi connectivity index (χ0n) is 9.96. The van der Waals surface area contributed by atoms with E-state index in [2.05, 4.69) is 4.98 Å². The summed E-state index contributed by atoms with van der Waals surface area (Å²) >= 11 is 0. The number of hydrogen-bond acceptors (Lipinski definition) is 3. The van der Waals surface area contributed by atoms with Crippen LogP contribution >= 0.6 is 0 Å². The molecule has 1 aromatic carbocycles. The SMILES string of the molecule is Cc1ccc(OCc2cncc(C(=O)O)c2)cc1. The van der Waals surface area contributed by atoms with E-state index in [-0.39, 0.29) is 5.56 Å². The summed E-state index contributed by atoms with van der Waals surface area (Å²) in [5.74, 6) is -0.235. The maximum Gasteiger partial charge on any atom is 0.337 e. The normalized spacial score (nSPS) is 10.1. The first kappa shape index (κ1) is 12.1. The van der Waals surface area contributed by atoms with E-state index in [4.69, 9.17) is 9.84 Å². The van der Waals surface area contributed by atoms with E-state index in [0.717, 1.165) is 16.9 Å². The molecule has 0 aliphatic carbocycles. The second-order valence-electron chi connectivity index (χ2n) is 3.99. The lowest BCUT2D eigenvalue weighted by atomic mass is 10.2. The fourth-order valence-corrected chi connectivity index (χ4v) is 1.48. The Hall–Kier alpha value is -2.36. The van der Waals surface area contributed by atoms with Crippen LogP contribution < -0.4 is 4.74 Å². The predicted octanol–water partition coefficient (Wildman–Crippen LogP) is 2.67. The summed E-state index contributed by atoms with van der Waals surface area (Å²) in [6, 6.07) is 9.24. The molecule has 18 heavy (non-hydrogen) atoms. The Labute approximate surface area is 105 Å². The quantitative estimate of drug-likeness (QED) is 0.896. The van der Waals surface area contributed by atoms with Crippen molar-refractivity contribution in [1.29, 1.82) is 0 Å². The highest BCUT2D eigenvalue weighted by atomic mass is 16.5. The van der Waals surface area contributed by atoms with Crippen molar-refractivity contribution in [2.24, 2.45) is 0 Å². The van der Waals surface area contributed by atoms with Crippen LogP contribution in [0.2, 0.25) is 0 Å². The van der Waals surface area contributed by atoms with Crippen LogP contribution in [0.3, 0.4) is 0 Å². The van der Waals surface area contributed by atoms with E-state index in [0.29, 0.717) is 6.61 Å². The summed E-state index contributed by atoms with van der Waals surface area (Å²) in [4.78, 5) is 14.7. The van der Waals surface area contributed by atoms with Gasteiger partial charge >= 0.3 is 5.97 Å². The van der Waals surface area contributed by atoms with Gasteiger partial charge in [0.15, 0.2) is 0 Å². The average molecular weight is 243 g/mol. The molecule has 0 atom stereocenters. The van der Waals surface area contributed by atoms with E-state index in [1.807, 2.05) is 31.2 Å². The third-order valence-electron chi connectivity index (χ3n) is 2.47. The van der Waals surface area contributed by atoms with Crippen molar-refractivity contribution < 1.29 is 14.6 Å². The molecular weight excluding hydrogens is 230 g/mol. The molecule has 0 unspecified atom stereocenters. The van der Waals surface area contributed by atoms with E-state index >= 15 is 0 Å². The van der Waals surface area contributed by atoms with Gasteiger partial charge in [0.1, 0.15) is 12.4 Å². The number of benzene rings is 1. The van der Waals surface area contributed by atoms with Gasteiger partial charge in [-0.25, -0.2) is 4.79 Å². The summed E-state index contributed by atoms with van der Waals surface area (Å²) in [6.45, 7) is 2.31. The molecule has 4 nitrogen and oxygen atoms in total. The number of carboxylic acid groups (broad SMARTS) is 1. The van der Waals surface area contributed by atoms with Gasteiger partial charge in [-0.05, 0) is 25.1 Å². The smallest absolute Gasteiger partial charge is 0.337 e. The van der Waals surface area contributed by atoms with Crippen molar-refractivity contribution in [3.05, 3.63) is 59.4 Å². The molecule has 0 fully saturated rings. The molecule has 92 valence electrons. The van der Waals surface area contributed by atoms with Gasteiger partial charge in [0, 0.05) is 18.0 Å². The van der Waals surface area contributed by atoms with Gasteiger partial charge < -0.3 is 9.84 Å². The van der Waals surface area contributed by atoms with Crippen molar-refractivity contribution in [3.63, 3.8) is 0 Å². The number of aromatic nitrogens is 1. The summed E-state index contributed by atoms with van der Waals surface area (Å²) in [7, 11) is 0. The molecule has 0 aliphatic rings. The minimum absolute atomic E-state index is 0.167. The van der Waals surface area contributed by atoms with Crippen molar-refractivity contribution in [2.45, 2.75) is 13.5 Å². The average Bonchev–Trinajstić information content (AvgIpc) is 2.38. The maximum absolute atomic E-state index is 10.8. The van der Waals surface area contributed by atoms with Gasteiger partial charge in [0.25, 0.3) is 0 Å².